The number of hydrogen-bond acceptors (Lipinski definition) is 20. The van der Waals surface area contributed by atoms with E-state index in [0.29, 0.717) is 19.4 Å². The van der Waals surface area contributed by atoms with Gasteiger partial charge in [-0.3, -0.25) is 4.55 Å². The molecule has 4 aliphatic carbocycles. The van der Waals surface area contributed by atoms with Crippen LogP contribution in [0, 0.1) is 45.3 Å². The van der Waals surface area contributed by atoms with Gasteiger partial charge in [0.05, 0.1) is 43.7 Å². The fraction of sp³-hybridized carbons (Fsp3) is 0.958. The average Bonchev–Trinajstić information content (AvgIpc) is 3.79. The monoisotopic (exact) mass is 1020 g/mol. The molecule has 9 fully saturated rings. The third-order valence-corrected chi connectivity index (χ3v) is 19.8. The first-order valence-corrected chi connectivity index (χ1v) is 26.5. The summed E-state index contributed by atoms with van der Waals surface area (Å²) in [5.74, 6) is -0.382. The first kappa shape index (κ1) is 53.7. The lowest BCUT2D eigenvalue weighted by Crippen LogP contribution is -2.68. The molecule has 9 rings (SSSR count). The first-order chi connectivity index (χ1) is 32.6. The highest BCUT2D eigenvalue weighted by Gasteiger charge is 2.81. The van der Waals surface area contributed by atoms with E-state index in [2.05, 4.69) is 38.0 Å². The third-order valence-electron chi connectivity index (χ3n) is 19.3. The number of allylic oxidation sites excluding steroid dienone is 1. The molecule has 0 radical (unpaired) electrons. The molecule has 0 aromatic carbocycles. The van der Waals surface area contributed by atoms with Crippen molar-refractivity contribution in [1.82, 2.24) is 0 Å². The minimum Gasteiger partial charge on any atom is -0.394 e. The van der Waals surface area contributed by atoms with E-state index in [1.54, 1.807) is 0 Å². The molecule has 10 N–H and O–H groups in total. The second-order valence-corrected chi connectivity index (χ2v) is 25.0. The van der Waals surface area contributed by atoms with Crippen molar-refractivity contribution in [2.75, 3.05) is 19.8 Å². The van der Waals surface area contributed by atoms with Crippen molar-refractivity contribution in [2.45, 2.75) is 222 Å². The maximum atomic E-state index is 12.3. The van der Waals surface area contributed by atoms with Crippen LogP contribution in [-0.2, 0) is 52.5 Å². The second kappa shape index (κ2) is 18.6. The number of fused-ring (bicyclic) bond motifs is 4. The normalized spacial score (nSPS) is 55.2. The summed E-state index contributed by atoms with van der Waals surface area (Å²) in [6.45, 7) is 15.5. The van der Waals surface area contributed by atoms with Crippen LogP contribution < -0.4 is 0 Å². The van der Waals surface area contributed by atoms with E-state index in [0.717, 1.165) is 44.1 Å². The fourth-order valence-corrected chi connectivity index (χ4v) is 16.8. The van der Waals surface area contributed by atoms with Crippen LogP contribution in [0.5, 0.6) is 0 Å². The number of ether oxygens (including phenoxy) is 8. The minimum atomic E-state index is -5.22. The Labute approximate surface area is 409 Å². The standard InChI is InChI=1S/C48H78O21S/c1-21(2)15-23-16-46(8,57)39-24-9-10-28-44(6)13-12-29(43(4,5)27(44)11-14-45(28,7)47(24)19-48(39,68-23)61-20-47)65-42-38(67-40-34(55)32(53)30(51)22(3)62-40)37(31(52)25(17-49)63-42)66-41-35(56)33(54)36(26(18-50)64-41)69-70(58,59)60/h15,22-42,49-57H,9-14,16-20H2,1-8H3,(H,58,59,60)/t22-,23-,24+,25+,26+,27-,28+,29-,30-,31-,32+,33+,34+,35+,36+,37-,38+,39-,40-,41-,42-,44-,45+,46+,47-,48-/m0/s1. The topological polar surface area (TPSA) is 320 Å². The Morgan fingerprint density at radius 1 is 0.714 bits per heavy atom. The van der Waals surface area contributed by atoms with Crippen molar-refractivity contribution in [1.29, 1.82) is 0 Å². The summed E-state index contributed by atoms with van der Waals surface area (Å²) in [7, 11) is -5.22. The quantitative estimate of drug-likeness (QED) is 0.0750. The average molecular weight is 1020 g/mol. The van der Waals surface area contributed by atoms with Crippen LogP contribution in [0.1, 0.15) is 107 Å². The Kier molecular flexibility index (Phi) is 14.3. The van der Waals surface area contributed by atoms with E-state index in [-0.39, 0.29) is 46.0 Å². The van der Waals surface area contributed by atoms with Gasteiger partial charge in [-0.05, 0) is 100 Å². The van der Waals surface area contributed by atoms with E-state index < -0.39 is 139 Å². The van der Waals surface area contributed by atoms with Crippen molar-refractivity contribution in [3.05, 3.63) is 11.6 Å². The molecule has 22 heteroatoms. The fourth-order valence-electron chi connectivity index (χ4n) is 16.3. The van der Waals surface area contributed by atoms with Crippen LogP contribution in [0.3, 0.4) is 0 Å². The summed E-state index contributed by atoms with van der Waals surface area (Å²) < 4.78 is 88.2. The summed E-state index contributed by atoms with van der Waals surface area (Å²) in [4.78, 5) is 0. The molecule has 9 aliphatic rings. The predicted molar refractivity (Wildman–Crippen MR) is 240 cm³/mol. The molecule has 21 nitrogen and oxygen atoms in total. The summed E-state index contributed by atoms with van der Waals surface area (Å²) in [5.41, 5.74) is -0.917. The summed E-state index contributed by atoms with van der Waals surface area (Å²) in [6.07, 6.45) is -18.5. The van der Waals surface area contributed by atoms with Gasteiger partial charge in [0.1, 0.15) is 67.1 Å². The van der Waals surface area contributed by atoms with Crippen molar-refractivity contribution in [3.8, 4) is 0 Å². The zero-order valence-corrected chi connectivity index (χ0v) is 42.2. The highest BCUT2D eigenvalue weighted by atomic mass is 32.3. The van der Waals surface area contributed by atoms with Gasteiger partial charge in [-0.25, -0.2) is 4.18 Å². The van der Waals surface area contributed by atoms with E-state index in [1.165, 1.54) is 6.92 Å². The second-order valence-electron chi connectivity index (χ2n) is 23.9. The maximum Gasteiger partial charge on any atom is 0.397 e. The van der Waals surface area contributed by atoms with Crippen LogP contribution in [0.15, 0.2) is 11.6 Å². The smallest absolute Gasteiger partial charge is 0.394 e. The Hall–Kier alpha value is -1.07. The van der Waals surface area contributed by atoms with Gasteiger partial charge >= 0.3 is 10.4 Å². The SMILES string of the molecule is CC(C)=C[C@H]1C[C@@](C)(O)[C@@H]2[C@H]3CC[C@@H]4[C@@]5(C)CC[C@H](O[C@@H]6O[C@H](CO)[C@H](O)[C@H](O[C@@H]7O[C@H](CO)[C@@H](OS(=O)(=O)O)[C@H](O)[C@H]7O)[C@H]6O[C@@H]6O[C@@H](C)[C@H](O)[C@@H](O)[C@H]6O)C(C)(C)[C@@H]5CC[C@@]4(C)[C@@]34CO[C@@]2(C4)O1. The number of aliphatic hydroxyl groups excluding tert-OH is 8. The molecule has 5 aliphatic heterocycles. The summed E-state index contributed by atoms with van der Waals surface area (Å²) >= 11 is 0. The van der Waals surface area contributed by atoms with Gasteiger partial charge in [0.2, 0.25) is 0 Å². The number of aliphatic hydroxyl groups is 9. The number of hydrogen-bond donors (Lipinski definition) is 10. The zero-order valence-electron chi connectivity index (χ0n) is 41.4. The van der Waals surface area contributed by atoms with Gasteiger partial charge in [-0.15, -0.1) is 0 Å². The molecule has 2 spiro atoms. The van der Waals surface area contributed by atoms with Crippen LogP contribution in [0.25, 0.3) is 0 Å². The molecule has 0 unspecified atom stereocenters. The molecule has 5 saturated heterocycles. The molecule has 0 aromatic rings. The lowest BCUT2D eigenvalue weighted by atomic mass is 9.35. The van der Waals surface area contributed by atoms with Crippen LogP contribution >= 0.6 is 0 Å². The highest BCUT2D eigenvalue weighted by molar-refractivity contribution is 7.80. The predicted octanol–water partition coefficient (Wildman–Crippen LogP) is 0.182. The Morgan fingerprint density at radius 3 is 2.01 bits per heavy atom. The van der Waals surface area contributed by atoms with Crippen molar-refractivity contribution >= 4 is 10.4 Å². The van der Waals surface area contributed by atoms with E-state index in [9.17, 15) is 58.9 Å². The van der Waals surface area contributed by atoms with Gasteiger partial charge < -0.3 is 83.9 Å². The van der Waals surface area contributed by atoms with E-state index in [4.69, 9.17) is 37.9 Å². The molecule has 0 amide bonds. The minimum absolute atomic E-state index is 0.113. The largest absolute Gasteiger partial charge is 0.397 e. The van der Waals surface area contributed by atoms with E-state index >= 15 is 0 Å². The Morgan fingerprint density at radius 2 is 1.36 bits per heavy atom. The van der Waals surface area contributed by atoms with Gasteiger partial charge in [-0.2, -0.15) is 8.42 Å². The molecule has 70 heavy (non-hydrogen) atoms. The molecule has 26 atom stereocenters. The molecule has 4 saturated carbocycles. The van der Waals surface area contributed by atoms with Crippen LogP contribution in [0.2, 0.25) is 0 Å². The molecule has 5 heterocycles. The summed E-state index contributed by atoms with van der Waals surface area (Å²) in [6, 6.07) is 0. The van der Waals surface area contributed by atoms with Crippen molar-refractivity contribution in [3.63, 3.8) is 0 Å². The molecule has 2 bridgehead atoms. The van der Waals surface area contributed by atoms with Gasteiger partial charge in [0.25, 0.3) is 0 Å². The van der Waals surface area contributed by atoms with Crippen LogP contribution in [-0.4, -0.2) is 194 Å². The molecule has 402 valence electrons. The summed E-state index contributed by atoms with van der Waals surface area (Å²) in [5, 5.41) is 99.4. The molecular formula is C48H78O21S. The maximum absolute atomic E-state index is 12.3. The molecule has 0 aromatic heterocycles. The van der Waals surface area contributed by atoms with Crippen molar-refractivity contribution in [2.24, 2.45) is 45.3 Å². The number of rotatable bonds is 11. The zero-order chi connectivity index (χ0) is 51.1. The Balaban J connectivity index is 0.996. The van der Waals surface area contributed by atoms with Gasteiger partial charge in [0.15, 0.2) is 24.7 Å². The van der Waals surface area contributed by atoms with Crippen LogP contribution in [0.4, 0.5) is 0 Å². The van der Waals surface area contributed by atoms with Crippen molar-refractivity contribution < 1.29 is 101 Å². The van der Waals surface area contributed by atoms with E-state index in [1.807, 2.05) is 20.8 Å². The lowest BCUT2D eigenvalue weighted by Gasteiger charge is -2.70. The molecular weight excluding hydrogens is 945 g/mol. The van der Waals surface area contributed by atoms with Gasteiger partial charge in [-0.1, -0.05) is 39.3 Å². The Bertz CT molecular complexity index is 2050. The third kappa shape index (κ3) is 8.51. The lowest BCUT2D eigenvalue weighted by molar-refractivity contribution is -0.398. The van der Waals surface area contributed by atoms with Gasteiger partial charge in [0, 0.05) is 24.2 Å². The highest BCUT2D eigenvalue weighted by Crippen LogP contribution is 2.80. The first-order valence-electron chi connectivity index (χ1n) is 25.2.